The first-order chi connectivity index (χ1) is 12.3. The third kappa shape index (κ3) is 4.31. The topological polar surface area (TPSA) is 50.8 Å². The molecular formula is C20H24N2O3. The second kappa shape index (κ2) is 8.53. The predicted molar refractivity (Wildman–Crippen MR) is 97.8 cm³/mol. The van der Waals surface area contributed by atoms with E-state index in [0.717, 1.165) is 17.0 Å². The number of nitrogens with zero attached hydrogens (tertiary/aromatic N) is 1. The number of hydrogen-bond donors (Lipinski definition) is 1. The average molecular weight is 340 g/mol. The number of carbonyl (C=O) groups excluding carboxylic acids is 1. The smallest absolute Gasteiger partial charge is 0.249 e. The van der Waals surface area contributed by atoms with Crippen molar-refractivity contribution >= 4 is 11.6 Å². The molecule has 1 unspecified atom stereocenters. The van der Waals surface area contributed by atoms with Crippen LogP contribution in [0.3, 0.4) is 0 Å². The second-order valence-corrected chi connectivity index (χ2v) is 5.85. The fourth-order valence-electron chi connectivity index (χ4n) is 2.92. The van der Waals surface area contributed by atoms with Crippen molar-refractivity contribution in [3.8, 4) is 5.75 Å². The molecule has 1 saturated heterocycles. The summed E-state index contributed by atoms with van der Waals surface area (Å²) in [5, 5.41) is 3.39. The Bertz CT molecular complexity index is 684. The molecule has 0 aliphatic carbocycles. The van der Waals surface area contributed by atoms with Crippen LogP contribution in [-0.4, -0.2) is 43.7 Å². The highest BCUT2D eigenvalue weighted by molar-refractivity contribution is 5.86. The second-order valence-electron chi connectivity index (χ2n) is 5.85. The molecule has 0 radical (unpaired) electrons. The summed E-state index contributed by atoms with van der Waals surface area (Å²) in [6, 6.07) is 17.0. The number of benzene rings is 2. The number of anilines is 1. The van der Waals surface area contributed by atoms with E-state index in [-0.39, 0.29) is 5.91 Å². The van der Waals surface area contributed by atoms with E-state index in [4.69, 9.17) is 9.47 Å². The lowest BCUT2D eigenvalue weighted by Gasteiger charge is -2.31. The first-order valence-corrected chi connectivity index (χ1v) is 8.69. The normalized spacial score (nSPS) is 15.5. The Kier molecular flexibility index (Phi) is 5.90. The molecule has 2 aromatic carbocycles. The highest BCUT2D eigenvalue weighted by atomic mass is 16.5. The van der Waals surface area contributed by atoms with Crippen molar-refractivity contribution in [3.05, 3.63) is 60.2 Å². The number of para-hydroxylation sites is 2. The Balaban J connectivity index is 1.88. The van der Waals surface area contributed by atoms with Crippen LogP contribution in [0.5, 0.6) is 5.75 Å². The lowest BCUT2D eigenvalue weighted by Crippen LogP contribution is -2.44. The van der Waals surface area contributed by atoms with E-state index in [1.165, 1.54) is 0 Å². The lowest BCUT2D eigenvalue weighted by atomic mass is 10.0. The minimum Gasteiger partial charge on any atom is -0.492 e. The average Bonchev–Trinajstić information content (AvgIpc) is 2.68. The van der Waals surface area contributed by atoms with Gasteiger partial charge in [0, 0.05) is 13.1 Å². The number of ether oxygens (including phenoxy) is 2. The lowest BCUT2D eigenvalue weighted by molar-refractivity contribution is -0.136. The molecule has 0 bridgehead atoms. The van der Waals surface area contributed by atoms with Crippen LogP contribution in [0.2, 0.25) is 0 Å². The van der Waals surface area contributed by atoms with Crippen molar-refractivity contribution in [2.75, 3.05) is 38.2 Å². The van der Waals surface area contributed by atoms with Gasteiger partial charge in [-0.3, -0.25) is 4.79 Å². The van der Waals surface area contributed by atoms with Gasteiger partial charge in [0.15, 0.2) is 0 Å². The predicted octanol–water partition coefficient (Wildman–Crippen LogP) is 3.10. The molecule has 25 heavy (non-hydrogen) atoms. The van der Waals surface area contributed by atoms with Gasteiger partial charge < -0.3 is 19.7 Å². The quantitative estimate of drug-likeness (QED) is 0.878. The molecular weight excluding hydrogens is 316 g/mol. The van der Waals surface area contributed by atoms with Gasteiger partial charge in [-0.15, -0.1) is 0 Å². The van der Waals surface area contributed by atoms with E-state index in [1.807, 2.05) is 66.4 Å². The minimum absolute atomic E-state index is 0.0563. The van der Waals surface area contributed by atoms with Crippen LogP contribution < -0.4 is 10.1 Å². The molecule has 132 valence electrons. The molecule has 0 saturated carbocycles. The number of hydrogen-bond acceptors (Lipinski definition) is 4. The van der Waals surface area contributed by atoms with Gasteiger partial charge in [0.05, 0.1) is 25.5 Å². The molecule has 1 aliphatic rings. The molecule has 1 aliphatic heterocycles. The number of amides is 1. The zero-order valence-electron chi connectivity index (χ0n) is 14.5. The maximum absolute atomic E-state index is 13.1. The summed E-state index contributed by atoms with van der Waals surface area (Å²) in [6.07, 6.45) is 0. The van der Waals surface area contributed by atoms with Crippen molar-refractivity contribution in [1.29, 1.82) is 0 Å². The van der Waals surface area contributed by atoms with Crippen LogP contribution in [0.15, 0.2) is 54.6 Å². The Morgan fingerprint density at radius 1 is 1.12 bits per heavy atom. The fraction of sp³-hybridized carbons (Fsp3) is 0.350. The molecule has 0 spiro atoms. The number of rotatable bonds is 6. The molecule has 1 fully saturated rings. The van der Waals surface area contributed by atoms with Crippen LogP contribution in [0.25, 0.3) is 0 Å². The molecule has 1 heterocycles. The number of carbonyl (C=O) groups is 1. The molecule has 1 atom stereocenters. The summed E-state index contributed by atoms with van der Waals surface area (Å²) >= 11 is 0. The van der Waals surface area contributed by atoms with Gasteiger partial charge in [-0.25, -0.2) is 0 Å². The zero-order valence-corrected chi connectivity index (χ0v) is 14.5. The molecule has 1 N–H and O–H groups in total. The van der Waals surface area contributed by atoms with Gasteiger partial charge in [-0.2, -0.15) is 0 Å². The highest BCUT2D eigenvalue weighted by Crippen LogP contribution is 2.29. The van der Waals surface area contributed by atoms with Gasteiger partial charge in [0.25, 0.3) is 0 Å². The Morgan fingerprint density at radius 2 is 1.80 bits per heavy atom. The fourth-order valence-corrected chi connectivity index (χ4v) is 2.92. The minimum atomic E-state index is -0.457. The van der Waals surface area contributed by atoms with E-state index in [2.05, 4.69) is 5.32 Å². The van der Waals surface area contributed by atoms with Crippen molar-refractivity contribution in [3.63, 3.8) is 0 Å². The van der Waals surface area contributed by atoms with Crippen LogP contribution in [0, 0.1) is 0 Å². The molecule has 5 heteroatoms. The van der Waals surface area contributed by atoms with Crippen molar-refractivity contribution in [1.82, 2.24) is 4.90 Å². The summed E-state index contributed by atoms with van der Waals surface area (Å²) in [7, 11) is 0. The maximum atomic E-state index is 13.1. The Hall–Kier alpha value is -2.53. The van der Waals surface area contributed by atoms with Crippen LogP contribution in [0.4, 0.5) is 5.69 Å². The first-order valence-electron chi connectivity index (χ1n) is 8.69. The SMILES string of the molecule is CCOc1ccccc1NC(C(=O)N1CCOCC1)c1ccccc1. The van der Waals surface area contributed by atoms with Gasteiger partial charge in [0.1, 0.15) is 11.8 Å². The van der Waals surface area contributed by atoms with Gasteiger partial charge in [-0.1, -0.05) is 42.5 Å². The summed E-state index contributed by atoms with van der Waals surface area (Å²) in [5.41, 5.74) is 1.75. The first kappa shape index (κ1) is 17.3. The van der Waals surface area contributed by atoms with E-state index in [9.17, 15) is 4.79 Å². The Labute approximate surface area is 148 Å². The van der Waals surface area contributed by atoms with Gasteiger partial charge in [-0.05, 0) is 24.6 Å². The van der Waals surface area contributed by atoms with Crippen LogP contribution in [-0.2, 0) is 9.53 Å². The third-order valence-corrected chi connectivity index (χ3v) is 4.19. The molecule has 3 rings (SSSR count). The summed E-state index contributed by atoms with van der Waals surface area (Å²) in [5.74, 6) is 0.807. The van der Waals surface area contributed by atoms with Crippen molar-refractivity contribution in [2.24, 2.45) is 0 Å². The van der Waals surface area contributed by atoms with Crippen LogP contribution >= 0.6 is 0 Å². The van der Waals surface area contributed by atoms with Crippen molar-refractivity contribution < 1.29 is 14.3 Å². The largest absolute Gasteiger partial charge is 0.492 e. The monoisotopic (exact) mass is 340 g/mol. The molecule has 0 aromatic heterocycles. The van der Waals surface area contributed by atoms with Gasteiger partial charge in [0.2, 0.25) is 5.91 Å². The van der Waals surface area contributed by atoms with Crippen LogP contribution in [0.1, 0.15) is 18.5 Å². The summed E-state index contributed by atoms with van der Waals surface area (Å²) < 4.78 is 11.1. The number of nitrogens with one attached hydrogen (secondary N) is 1. The standard InChI is InChI=1S/C20H24N2O3/c1-2-25-18-11-7-6-10-17(18)21-19(16-8-4-3-5-9-16)20(23)22-12-14-24-15-13-22/h3-11,19,21H,2,12-15H2,1H3. The van der Waals surface area contributed by atoms with E-state index < -0.39 is 6.04 Å². The maximum Gasteiger partial charge on any atom is 0.249 e. The third-order valence-electron chi connectivity index (χ3n) is 4.19. The van der Waals surface area contributed by atoms with E-state index in [0.29, 0.717) is 32.9 Å². The van der Waals surface area contributed by atoms with Gasteiger partial charge >= 0.3 is 0 Å². The van der Waals surface area contributed by atoms with Crippen molar-refractivity contribution in [2.45, 2.75) is 13.0 Å². The van der Waals surface area contributed by atoms with E-state index in [1.54, 1.807) is 0 Å². The van der Waals surface area contributed by atoms with E-state index >= 15 is 0 Å². The molecule has 1 amide bonds. The Morgan fingerprint density at radius 3 is 2.52 bits per heavy atom. The highest BCUT2D eigenvalue weighted by Gasteiger charge is 2.27. The molecule has 2 aromatic rings. The summed E-state index contributed by atoms with van der Waals surface area (Å²) in [6.45, 7) is 4.94. The molecule has 5 nitrogen and oxygen atoms in total. The number of morpholine rings is 1. The summed E-state index contributed by atoms with van der Waals surface area (Å²) in [4.78, 5) is 15.0. The zero-order chi connectivity index (χ0) is 17.5.